The number of nitrogens with one attached hydrogen (secondary N) is 1. The van der Waals surface area contributed by atoms with Crippen LogP contribution in [-0.2, 0) is 6.54 Å². The standard InChI is InChI=1S/C14H14N2O4/c1-8-9(2)13(18)16(15-12(8)17)7-10-5-3-4-6-11(10)14(19)20/h3-6H,7H2,1-2H3,(H,15,17)(H,19,20). The van der Waals surface area contributed by atoms with Crippen molar-refractivity contribution in [2.24, 2.45) is 0 Å². The van der Waals surface area contributed by atoms with E-state index < -0.39 is 5.97 Å². The fourth-order valence-electron chi connectivity index (χ4n) is 1.94. The number of H-pyrrole nitrogens is 1. The van der Waals surface area contributed by atoms with Crippen molar-refractivity contribution in [1.82, 2.24) is 9.78 Å². The second-order valence-electron chi connectivity index (χ2n) is 4.54. The molecule has 0 radical (unpaired) electrons. The van der Waals surface area contributed by atoms with Crippen molar-refractivity contribution < 1.29 is 9.90 Å². The molecule has 6 heteroatoms. The average Bonchev–Trinajstić information content (AvgIpc) is 2.43. The number of aromatic carboxylic acids is 1. The number of aromatic amines is 1. The third-order valence-electron chi connectivity index (χ3n) is 3.28. The molecule has 0 aliphatic heterocycles. The molecule has 0 amide bonds. The number of carboxylic acid groups (broad SMARTS) is 1. The Morgan fingerprint density at radius 1 is 1.20 bits per heavy atom. The summed E-state index contributed by atoms with van der Waals surface area (Å²) in [4.78, 5) is 34.9. The van der Waals surface area contributed by atoms with Gasteiger partial charge in [0.25, 0.3) is 11.1 Å². The molecule has 104 valence electrons. The van der Waals surface area contributed by atoms with Gasteiger partial charge in [-0.25, -0.2) is 9.48 Å². The molecule has 2 N–H and O–H groups in total. The van der Waals surface area contributed by atoms with Crippen LogP contribution in [0.1, 0.15) is 27.0 Å². The van der Waals surface area contributed by atoms with Gasteiger partial charge in [-0.3, -0.25) is 14.7 Å². The van der Waals surface area contributed by atoms with Crippen LogP contribution in [-0.4, -0.2) is 20.9 Å². The quantitative estimate of drug-likeness (QED) is 0.869. The van der Waals surface area contributed by atoms with E-state index in [1.54, 1.807) is 32.0 Å². The predicted octanol–water partition coefficient (Wildman–Crippen LogP) is 0.900. The lowest BCUT2D eigenvalue weighted by Crippen LogP contribution is -2.33. The molecule has 0 aliphatic carbocycles. The molecule has 2 rings (SSSR count). The lowest BCUT2D eigenvalue weighted by molar-refractivity contribution is 0.0695. The molecule has 0 atom stereocenters. The zero-order valence-corrected chi connectivity index (χ0v) is 11.1. The highest BCUT2D eigenvalue weighted by molar-refractivity contribution is 5.89. The third kappa shape index (κ3) is 2.40. The van der Waals surface area contributed by atoms with E-state index in [2.05, 4.69) is 5.10 Å². The van der Waals surface area contributed by atoms with E-state index >= 15 is 0 Å². The molecule has 2 aromatic rings. The summed E-state index contributed by atoms with van der Waals surface area (Å²) in [7, 11) is 0. The summed E-state index contributed by atoms with van der Waals surface area (Å²) in [6, 6.07) is 6.37. The molecule has 6 nitrogen and oxygen atoms in total. The molecule has 0 spiro atoms. The van der Waals surface area contributed by atoms with E-state index in [1.165, 1.54) is 6.07 Å². The number of aromatic nitrogens is 2. The maximum absolute atomic E-state index is 12.1. The van der Waals surface area contributed by atoms with Crippen molar-refractivity contribution in [1.29, 1.82) is 0 Å². The van der Waals surface area contributed by atoms with Crippen LogP contribution in [0, 0.1) is 13.8 Å². The van der Waals surface area contributed by atoms with Gasteiger partial charge in [0.1, 0.15) is 0 Å². The van der Waals surface area contributed by atoms with Gasteiger partial charge in [-0.15, -0.1) is 0 Å². The topological polar surface area (TPSA) is 92.2 Å². The minimum Gasteiger partial charge on any atom is -0.478 e. The van der Waals surface area contributed by atoms with Crippen molar-refractivity contribution in [2.45, 2.75) is 20.4 Å². The van der Waals surface area contributed by atoms with Crippen molar-refractivity contribution in [3.8, 4) is 0 Å². The fourth-order valence-corrected chi connectivity index (χ4v) is 1.94. The summed E-state index contributed by atoms with van der Waals surface area (Å²) >= 11 is 0. The first-order valence-electron chi connectivity index (χ1n) is 6.03. The number of carboxylic acids is 1. The zero-order chi connectivity index (χ0) is 14.9. The maximum atomic E-state index is 12.1. The summed E-state index contributed by atoms with van der Waals surface area (Å²) in [5.41, 5.74) is 0.621. The van der Waals surface area contributed by atoms with E-state index in [4.69, 9.17) is 5.11 Å². The average molecular weight is 274 g/mol. The Labute approximate surface area is 114 Å². The summed E-state index contributed by atoms with van der Waals surface area (Å²) in [6.07, 6.45) is 0. The summed E-state index contributed by atoms with van der Waals surface area (Å²) in [5.74, 6) is -1.07. The van der Waals surface area contributed by atoms with E-state index in [0.717, 1.165) is 4.68 Å². The third-order valence-corrected chi connectivity index (χ3v) is 3.28. The molecule has 1 aromatic carbocycles. The van der Waals surface area contributed by atoms with Gasteiger partial charge < -0.3 is 5.11 Å². The highest BCUT2D eigenvalue weighted by atomic mass is 16.4. The zero-order valence-electron chi connectivity index (χ0n) is 11.1. The molecule has 0 aliphatic rings. The number of carbonyl (C=O) groups is 1. The number of benzene rings is 1. The van der Waals surface area contributed by atoms with Gasteiger partial charge in [0.15, 0.2) is 0 Å². The Morgan fingerprint density at radius 3 is 2.50 bits per heavy atom. The van der Waals surface area contributed by atoms with Crippen molar-refractivity contribution >= 4 is 5.97 Å². The second kappa shape index (κ2) is 5.16. The molecule has 20 heavy (non-hydrogen) atoms. The van der Waals surface area contributed by atoms with Crippen LogP contribution >= 0.6 is 0 Å². The largest absolute Gasteiger partial charge is 0.478 e. The minimum absolute atomic E-state index is 0.0116. The number of nitrogens with zero attached hydrogens (tertiary/aromatic N) is 1. The molecule has 0 unspecified atom stereocenters. The summed E-state index contributed by atoms with van der Waals surface area (Å²) in [6.45, 7) is 3.16. The molecular formula is C14H14N2O4. The first-order valence-corrected chi connectivity index (χ1v) is 6.03. The highest BCUT2D eigenvalue weighted by Crippen LogP contribution is 2.09. The van der Waals surface area contributed by atoms with Gasteiger partial charge in [-0.2, -0.15) is 0 Å². The smallest absolute Gasteiger partial charge is 0.336 e. The number of rotatable bonds is 3. The van der Waals surface area contributed by atoms with Gasteiger partial charge in [-0.05, 0) is 25.5 Å². The Bertz CT molecular complexity index is 786. The molecule has 0 saturated carbocycles. The van der Waals surface area contributed by atoms with Crippen LogP contribution < -0.4 is 11.1 Å². The molecule has 1 aromatic heterocycles. The van der Waals surface area contributed by atoms with E-state index in [-0.39, 0.29) is 23.2 Å². The Morgan fingerprint density at radius 2 is 1.85 bits per heavy atom. The minimum atomic E-state index is -1.07. The lowest BCUT2D eigenvalue weighted by atomic mass is 10.1. The number of hydrogen-bond acceptors (Lipinski definition) is 3. The van der Waals surface area contributed by atoms with Gasteiger partial charge in [0.05, 0.1) is 12.1 Å². The molecule has 0 fully saturated rings. The fraction of sp³-hybridized carbons (Fsp3) is 0.214. The van der Waals surface area contributed by atoms with E-state index in [9.17, 15) is 14.4 Å². The molecule has 1 heterocycles. The first kappa shape index (κ1) is 13.8. The maximum Gasteiger partial charge on any atom is 0.336 e. The van der Waals surface area contributed by atoms with Crippen LogP contribution in [0.25, 0.3) is 0 Å². The first-order chi connectivity index (χ1) is 9.41. The monoisotopic (exact) mass is 274 g/mol. The molecule has 0 saturated heterocycles. The van der Waals surface area contributed by atoms with Crippen molar-refractivity contribution in [3.63, 3.8) is 0 Å². The van der Waals surface area contributed by atoms with Gasteiger partial charge in [0, 0.05) is 11.1 Å². The number of hydrogen-bond donors (Lipinski definition) is 2. The Kier molecular flexibility index (Phi) is 3.56. The summed E-state index contributed by atoms with van der Waals surface area (Å²) < 4.78 is 1.13. The van der Waals surface area contributed by atoms with E-state index in [0.29, 0.717) is 16.7 Å². The molecule has 0 bridgehead atoms. The van der Waals surface area contributed by atoms with Crippen molar-refractivity contribution in [2.75, 3.05) is 0 Å². The van der Waals surface area contributed by atoms with Crippen molar-refractivity contribution in [3.05, 3.63) is 67.2 Å². The van der Waals surface area contributed by atoms with Gasteiger partial charge in [-0.1, -0.05) is 18.2 Å². The SMILES string of the molecule is Cc1c(C)c(=O)n(Cc2ccccc2C(=O)O)[nH]c1=O. The van der Waals surface area contributed by atoms with Crippen LogP contribution in [0.5, 0.6) is 0 Å². The normalized spacial score (nSPS) is 10.5. The second-order valence-corrected chi connectivity index (χ2v) is 4.54. The van der Waals surface area contributed by atoms with Crippen LogP contribution in [0.4, 0.5) is 0 Å². The predicted molar refractivity (Wildman–Crippen MR) is 73.3 cm³/mol. The van der Waals surface area contributed by atoms with Crippen LogP contribution in [0.15, 0.2) is 33.9 Å². The Hall–Kier alpha value is -2.63. The van der Waals surface area contributed by atoms with Crippen LogP contribution in [0.3, 0.4) is 0 Å². The summed E-state index contributed by atoms with van der Waals surface area (Å²) in [5, 5.41) is 11.6. The van der Waals surface area contributed by atoms with Gasteiger partial charge >= 0.3 is 5.97 Å². The van der Waals surface area contributed by atoms with Gasteiger partial charge in [0.2, 0.25) is 0 Å². The highest BCUT2D eigenvalue weighted by Gasteiger charge is 2.12. The van der Waals surface area contributed by atoms with Crippen LogP contribution in [0.2, 0.25) is 0 Å². The molecular weight excluding hydrogens is 260 g/mol. The van der Waals surface area contributed by atoms with E-state index in [1.807, 2.05) is 0 Å². The lowest BCUT2D eigenvalue weighted by Gasteiger charge is -2.10. The Balaban J connectivity index is 2.55.